The highest BCUT2D eigenvalue weighted by Gasteiger charge is 2.31. The molecule has 1 aromatic heterocycles. The first-order valence-electron chi connectivity index (χ1n) is 8.27. The van der Waals surface area contributed by atoms with Gasteiger partial charge in [-0.2, -0.15) is 0 Å². The van der Waals surface area contributed by atoms with Gasteiger partial charge in [0.25, 0.3) is 0 Å². The third-order valence-corrected chi connectivity index (χ3v) is 4.91. The topological polar surface area (TPSA) is 50.6 Å². The fourth-order valence-corrected chi connectivity index (χ4v) is 3.54. The number of likely N-dealkylation sites (tertiary alicyclic amines) is 1. The average molecular weight is 306 g/mol. The van der Waals surface area contributed by atoms with Crippen LogP contribution in [-0.4, -0.2) is 70.7 Å². The summed E-state index contributed by atoms with van der Waals surface area (Å²) in [5.41, 5.74) is 0. The molecular formula is C16H26N4O2. The van der Waals surface area contributed by atoms with Gasteiger partial charge in [0.2, 0.25) is 5.91 Å². The van der Waals surface area contributed by atoms with E-state index in [1.54, 1.807) is 0 Å². The highest BCUT2D eigenvalue weighted by molar-refractivity contribution is 5.81. The van der Waals surface area contributed by atoms with Crippen molar-refractivity contribution in [3.63, 3.8) is 0 Å². The summed E-state index contributed by atoms with van der Waals surface area (Å²) in [6.07, 6.45) is 6.04. The van der Waals surface area contributed by atoms with E-state index in [4.69, 9.17) is 4.74 Å². The molecule has 0 bridgehead atoms. The lowest BCUT2D eigenvalue weighted by Crippen LogP contribution is -2.53. The Morgan fingerprint density at radius 2 is 2.14 bits per heavy atom. The van der Waals surface area contributed by atoms with Crippen LogP contribution in [0.1, 0.15) is 31.6 Å². The van der Waals surface area contributed by atoms with Crippen molar-refractivity contribution in [2.45, 2.75) is 38.8 Å². The predicted molar refractivity (Wildman–Crippen MR) is 83.7 cm³/mol. The molecule has 22 heavy (non-hydrogen) atoms. The van der Waals surface area contributed by atoms with Crippen LogP contribution < -0.4 is 0 Å². The third-order valence-electron chi connectivity index (χ3n) is 4.91. The second-order valence-electron chi connectivity index (χ2n) is 6.29. The molecule has 3 heterocycles. The molecule has 2 fully saturated rings. The van der Waals surface area contributed by atoms with Crippen LogP contribution >= 0.6 is 0 Å². The van der Waals surface area contributed by atoms with Gasteiger partial charge >= 0.3 is 0 Å². The average Bonchev–Trinajstić information content (AvgIpc) is 3.00. The Morgan fingerprint density at radius 1 is 1.36 bits per heavy atom. The molecule has 2 aliphatic rings. The van der Waals surface area contributed by atoms with Crippen LogP contribution in [0.15, 0.2) is 12.4 Å². The predicted octanol–water partition coefficient (Wildman–Crippen LogP) is 1.08. The van der Waals surface area contributed by atoms with Crippen molar-refractivity contribution in [2.75, 3.05) is 39.4 Å². The Morgan fingerprint density at radius 3 is 2.82 bits per heavy atom. The summed E-state index contributed by atoms with van der Waals surface area (Å²) in [7, 11) is 0. The van der Waals surface area contributed by atoms with Gasteiger partial charge < -0.3 is 14.2 Å². The maximum Gasteiger partial charge on any atom is 0.239 e. The summed E-state index contributed by atoms with van der Waals surface area (Å²) in [5.74, 6) is 1.28. The summed E-state index contributed by atoms with van der Waals surface area (Å²) < 4.78 is 7.58. The standard InChI is InChI=1S/C16H26N4O2/c1-13(18-8-10-22-11-9-18)16(21)19-6-3-4-15(12-19)20-7-5-17-14(20)2/h5,7,13,15H,3-4,6,8-12H2,1-2H3. The second-order valence-corrected chi connectivity index (χ2v) is 6.29. The molecule has 6 heteroatoms. The van der Waals surface area contributed by atoms with Crippen LogP contribution in [0.2, 0.25) is 0 Å². The van der Waals surface area contributed by atoms with Crippen molar-refractivity contribution in [3.8, 4) is 0 Å². The van der Waals surface area contributed by atoms with Crippen LogP contribution in [-0.2, 0) is 9.53 Å². The molecule has 0 saturated carbocycles. The zero-order valence-corrected chi connectivity index (χ0v) is 13.6. The van der Waals surface area contributed by atoms with E-state index in [2.05, 4.69) is 14.5 Å². The largest absolute Gasteiger partial charge is 0.379 e. The lowest BCUT2D eigenvalue weighted by molar-refractivity contribution is -0.139. The molecule has 0 spiro atoms. The van der Waals surface area contributed by atoms with Gasteiger partial charge in [0.1, 0.15) is 5.82 Å². The number of hydrogen-bond acceptors (Lipinski definition) is 4. The maximum absolute atomic E-state index is 12.8. The van der Waals surface area contributed by atoms with E-state index in [1.165, 1.54) is 0 Å². The number of morpholine rings is 1. The first kappa shape index (κ1) is 15.5. The number of amides is 1. The minimum absolute atomic E-state index is 0.0495. The van der Waals surface area contributed by atoms with Crippen molar-refractivity contribution in [1.29, 1.82) is 0 Å². The van der Waals surface area contributed by atoms with E-state index < -0.39 is 0 Å². The van der Waals surface area contributed by atoms with Crippen molar-refractivity contribution in [2.24, 2.45) is 0 Å². The van der Waals surface area contributed by atoms with E-state index in [9.17, 15) is 4.79 Å². The molecular weight excluding hydrogens is 280 g/mol. The van der Waals surface area contributed by atoms with Crippen LogP contribution in [0.3, 0.4) is 0 Å². The summed E-state index contributed by atoms with van der Waals surface area (Å²) in [6.45, 7) is 8.89. The molecule has 2 unspecified atom stereocenters. The molecule has 6 nitrogen and oxygen atoms in total. The first-order chi connectivity index (χ1) is 10.7. The number of carbonyl (C=O) groups is 1. The molecule has 0 N–H and O–H groups in total. The Hall–Kier alpha value is -1.40. The highest BCUT2D eigenvalue weighted by Crippen LogP contribution is 2.23. The molecule has 3 rings (SSSR count). The zero-order chi connectivity index (χ0) is 15.5. The van der Waals surface area contributed by atoms with E-state index in [1.807, 2.05) is 31.1 Å². The van der Waals surface area contributed by atoms with Crippen molar-refractivity contribution in [1.82, 2.24) is 19.4 Å². The summed E-state index contributed by atoms with van der Waals surface area (Å²) in [6, 6.07) is 0.309. The van der Waals surface area contributed by atoms with Crippen LogP contribution in [0, 0.1) is 6.92 Å². The summed E-state index contributed by atoms with van der Waals surface area (Å²) in [5, 5.41) is 0. The monoisotopic (exact) mass is 306 g/mol. The first-order valence-corrected chi connectivity index (χ1v) is 8.27. The van der Waals surface area contributed by atoms with E-state index in [0.29, 0.717) is 6.04 Å². The van der Waals surface area contributed by atoms with Crippen molar-refractivity contribution < 1.29 is 9.53 Å². The van der Waals surface area contributed by atoms with Gasteiger partial charge in [-0.1, -0.05) is 0 Å². The maximum atomic E-state index is 12.8. The van der Waals surface area contributed by atoms with Gasteiger partial charge in [0.15, 0.2) is 0 Å². The third kappa shape index (κ3) is 3.17. The fourth-order valence-electron chi connectivity index (χ4n) is 3.54. The Labute approximate surface area is 132 Å². The normalized spacial score (nSPS) is 25.2. The molecule has 122 valence electrons. The van der Waals surface area contributed by atoms with Gasteiger partial charge in [-0.25, -0.2) is 4.98 Å². The molecule has 0 radical (unpaired) electrons. The number of ether oxygens (including phenoxy) is 1. The minimum Gasteiger partial charge on any atom is -0.379 e. The van der Waals surface area contributed by atoms with Gasteiger partial charge in [0.05, 0.1) is 25.3 Å². The number of aryl methyl sites for hydroxylation is 1. The van der Waals surface area contributed by atoms with Crippen molar-refractivity contribution in [3.05, 3.63) is 18.2 Å². The van der Waals surface area contributed by atoms with Crippen LogP contribution in [0.5, 0.6) is 0 Å². The fraction of sp³-hybridized carbons (Fsp3) is 0.750. The minimum atomic E-state index is -0.0495. The van der Waals surface area contributed by atoms with Crippen LogP contribution in [0.4, 0.5) is 0 Å². The van der Waals surface area contributed by atoms with Gasteiger partial charge in [-0.05, 0) is 26.7 Å². The smallest absolute Gasteiger partial charge is 0.239 e. The number of hydrogen-bond donors (Lipinski definition) is 0. The van der Waals surface area contributed by atoms with Gasteiger partial charge in [0, 0.05) is 38.6 Å². The molecule has 2 aliphatic heterocycles. The number of piperidine rings is 1. The summed E-state index contributed by atoms with van der Waals surface area (Å²) in [4.78, 5) is 21.4. The molecule has 0 aromatic carbocycles. The molecule has 2 atom stereocenters. The van der Waals surface area contributed by atoms with Gasteiger partial charge in [-0.15, -0.1) is 0 Å². The van der Waals surface area contributed by atoms with Crippen LogP contribution in [0.25, 0.3) is 0 Å². The van der Waals surface area contributed by atoms with E-state index in [0.717, 1.165) is 58.1 Å². The molecule has 1 amide bonds. The number of nitrogens with zero attached hydrogens (tertiary/aromatic N) is 4. The number of rotatable bonds is 3. The van der Waals surface area contributed by atoms with Crippen molar-refractivity contribution >= 4 is 5.91 Å². The molecule has 0 aliphatic carbocycles. The quantitative estimate of drug-likeness (QED) is 0.838. The van der Waals surface area contributed by atoms with Gasteiger partial charge in [-0.3, -0.25) is 9.69 Å². The number of imidazole rings is 1. The SMILES string of the molecule is Cc1nccn1C1CCCN(C(=O)C(C)N2CCOCC2)C1. The lowest BCUT2D eigenvalue weighted by Gasteiger charge is -2.38. The molecule has 1 aromatic rings. The summed E-state index contributed by atoms with van der Waals surface area (Å²) >= 11 is 0. The Balaban J connectivity index is 1.63. The molecule has 2 saturated heterocycles. The highest BCUT2D eigenvalue weighted by atomic mass is 16.5. The number of carbonyl (C=O) groups excluding carboxylic acids is 1. The second kappa shape index (κ2) is 6.79. The number of aromatic nitrogens is 2. The zero-order valence-electron chi connectivity index (χ0n) is 13.6. The Bertz CT molecular complexity index is 510. The van der Waals surface area contributed by atoms with E-state index in [-0.39, 0.29) is 11.9 Å². The van der Waals surface area contributed by atoms with E-state index >= 15 is 0 Å². The lowest BCUT2D eigenvalue weighted by atomic mass is 10.0. The Kier molecular flexibility index (Phi) is 4.78.